The van der Waals surface area contributed by atoms with E-state index in [2.05, 4.69) is 43.0 Å². The topological polar surface area (TPSA) is 47.0 Å². The highest BCUT2D eigenvalue weighted by Gasteiger charge is 2.46. The lowest BCUT2D eigenvalue weighted by atomic mass is 9.95. The van der Waals surface area contributed by atoms with Gasteiger partial charge in [-0.25, -0.2) is 9.97 Å². The molecule has 4 heteroatoms. The van der Waals surface area contributed by atoms with Crippen molar-refractivity contribution in [1.82, 2.24) is 9.97 Å². The second-order valence-corrected chi connectivity index (χ2v) is 5.95. The Morgan fingerprint density at radius 1 is 1.24 bits per heavy atom. The average molecular weight is 235 g/mol. The zero-order valence-corrected chi connectivity index (χ0v) is 11.2. The minimum absolute atomic E-state index is 0.0914. The van der Waals surface area contributed by atoms with Gasteiger partial charge in [0.05, 0.1) is 17.2 Å². The molecule has 2 rings (SSSR count). The van der Waals surface area contributed by atoms with Crippen LogP contribution in [0.3, 0.4) is 0 Å². The second kappa shape index (κ2) is 3.95. The molecule has 1 aromatic heterocycles. The Labute approximate surface area is 103 Å². The van der Waals surface area contributed by atoms with Gasteiger partial charge in [0.25, 0.3) is 0 Å². The lowest BCUT2D eigenvalue weighted by molar-refractivity contribution is -0.0663. The smallest absolute Gasteiger partial charge is 0.222 e. The summed E-state index contributed by atoms with van der Waals surface area (Å²) >= 11 is 0. The van der Waals surface area contributed by atoms with E-state index in [1.54, 1.807) is 0 Å². The van der Waals surface area contributed by atoms with Crippen molar-refractivity contribution in [3.05, 3.63) is 18.0 Å². The maximum Gasteiger partial charge on any atom is 0.222 e. The predicted octanol–water partition coefficient (Wildman–Crippen LogP) is 2.54. The predicted molar refractivity (Wildman–Crippen MR) is 68.0 cm³/mol. The van der Waals surface area contributed by atoms with E-state index in [9.17, 15) is 0 Å². The molecule has 2 heterocycles. The third kappa shape index (κ3) is 2.75. The van der Waals surface area contributed by atoms with Crippen molar-refractivity contribution in [2.24, 2.45) is 0 Å². The van der Waals surface area contributed by atoms with Crippen molar-refractivity contribution in [2.75, 3.05) is 5.32 Å². The van der Waals surface area contributed by atoms with Crippen LogP contribution in [0.4, 0.5) is 5.95 Å². The summed E-state index contributed by atoms with van der Waals surface area (Å²) in [4.78, 5) is 8.55. The third-order valence-corrected chi connectivity index (χ3v) is 3.16. The van der Waals surface area contributed by atoms with Crippen molar-refractivity contribution >= 4 is 5.95 Å². The number of aromatic nitrogens is 2. The van der Waals surface area contributed by atoms with Crippen molar-refractivity contribution in [2.45, 2.75) is 58.3 Å². The molecular formula is C13H21N3O. The fourth-order valence-corrected chi connectivity index (χ4v) is 2.41. The van der Waals surface area contributed by atoms with Gasteiger partial charge in [0.1, 0.15) is 0 Å². The SMILES string of the molecule is Cc1cnc(NC2CC(C)(C)OC2(C)C)nc1. The third-order valence-electron chi connectivity index (χ3n) is 3.16. The average Bonchev–Trinajstić information content (AvgIpc) is 2.38. The fraction of sp³-hybridized carbons (Fsp3) is 0.692. The van der Waals surface area contributed by atoms with Gasteiger partial charge in [-0.15, -0.1) is 0 Å². The van der Waals surface area contributed by atoms with Crippen LogP contribution in [0.25, 0.3) is 0 Å². The summed E-state index contributed by atoms with van der Waals surface area (Å²) in [5, 5.41) is 3.37. The van der Waals surface area contributed by atoms with Crippen LogP contribution < -0.4 is 5.32 Å². The molecule has 1 aliphatic heterocycles. The minimum atomic E-state index is -0.197. The van der Waals surface area contributed by atoms with Crippen molar-refractivity contribution in [3.8, 4) is 0 Å². The van der Waals surface area contributed by atoms with Crippen LogP contribution in [0.2, 0.25) is 0 Å². The number of aryl methyl sites for hydroxylation is 1. The normalized spacial score (nSPS) is 25.8. The summed E-state index contributed by atoms with van der Waals surface area (Å²) < 4.78 is 6.03. The summed E-state index contributed by atoms with van der Waals surface area (Å²) in [7, 11) is 0. The number of nitrogens with zero attached hydrogens (tertiary/aromatic N) is 2. The molecule has 0 amide bonds. The van der Waals surface area contributed by atoms with E-state index in [1.807, 2.05) is 19.3 Å². The zero-order valence-electron chi connectivity index (χ0n) is 11.2. The van der Waals surface area contributed by atoms with Crippen molar-refractivity contribution < 1.29 is 4.74 Å². The molecule has 0 bridgehead atoms. The van der Waals surface area contributed by atoms with Crippen LogP contribution in [0.1, 0.15) is 39.7 Å². The van der Waals surface area contributed by atoms with Gasteiger partial charge in [0.15, 0.2) is 0 Å². The molecular weight excluding hydrogens is 214 g/mol. The molecule has 4 nitrogen and oxygen atoms in total. The quantitative estimate of drug-likeness (QED) is 0.855. The first-order valence-electron chi connectivity index (χ1n) is 6.04. The lowest BCUT2D eigenvalue weighted by Crippen LogP contribution is -2.38. The Hall–Kier alpha value is -1.16. The van der Waals surface area contributed by atoms with Crippen LogP contribution in [-0.4, -0.2) is 27.2 Å². The maximum atomic E-state index is 6.03. The molecule has 94 valence electrons. The Bertz CT molecular complexity index is 398. The molecule has 1 aliphatic rings. The highest BCUT2D eigenvalue weighted by molar-refractivity contribution is 5.29. The number of hydrogen-bond acceptors (Lipinski definition) is 4. The van der Waals surface area contributed by atoms with Gasteiger partial charge in [0, 0.05) is 12.4 Å². The molecule has 1 atom stereocenters. The number of ether oxygens (including phenoxy) is 1. The first kappa shape index (κ1) is 12.3. The lowest BCUT2D eigenvalue weighted by Gasteiger charge is -2.27. The number of anilines is 1. The Morgan fingerprint density at radius 2 is 1.82 bits per heavy atom. The number of hydrogen-bond donors (Lipinski definition) is 1. The Balaban J connectivity index is 2.11. The summed E-state index contributed by atoms with van der Waals surface area (Å²) in [6, 6.07) is 0.236. The minimum Gasteiger partial charge on any atom is -0.367 e. The van der Waals surface area contributed by atoms with Crippen LogP contribution in [0.15, 0.2) is 12.4 Å². The van der Waals surface area contributed by atoms with Gasteiger partial charge in [0.2, 0.25) is 5.95 Å². The summed E-state index contributed by atoms with van der Waals surface area (Å²) in [5.74, 6) is 0.676. The standard InChI is InChI=1S/C13H21N3O/c1-9-7-14-11(15-8-9)16-10-6-12(2,3)17-13(10,4)5/h7-8,10H,6H2,1-5H3,(H,14,15,16). The van der Waals surface area contributed by atoms with Crippen LogP contribution in [0.5, 0.6) is 0 Å². The molecule has 1 unspecified atom stereocenters. The molecule has 17 heavy (non-hydrogen) atoms. The number of nitrogens with one attached hydrogen (secondary N) is 1. The van der Waals surface area contributed by atoms with E-state index in [4.69, 9.17) is 4.74 Å². The summed E-state index contributed by atoms with van der Waals surface area (Å²) in [6.07, 6.45) is 4.60. The van der Waals surface area contributed by atoms with Gasteiger partial charge >= 0.3 is 0 Å². The largest absolute Gasteiger partial charge is 0.367 e. The molecule has 0 saturated carbocycles. The fourth-order valence-electron chi connectivity index (χ4n) is 2.41. The van der Waals surface area contributed by atoms with E-state index in [1.165, 1.54) is 0 Å². The highest BCUT2D eigenvalue weighted by Crippen LogP contribution is 2.38. The van der Waals surface area contributed by atoms with Crippen LogP contribution in [-0.2, 0) is 4.74 Å². The van der Waals surface area contributed by atoms with E-state index in [-0.39, 0.29) is 17.2 Å². The highest BCUT2D eigenvalue weighted by atomic mass is 16.5. The molecule has 0 spiro atoms. The molecule has 1 fully saturated rings. The van der Waals surface area contributed by atoms with E-state index < -0.39 is 0 Å². The molecule has 1 N–H and O–H groups in total. The number of rotatable bonds is 2. The van der Waals surface area contributed by atoms with Gasteiger partial charge in [-0.3, -0.25) is 0 Å². The van der Waals surface area contributed by atoms with Crippen LogP contribution >= 0.6 is 0 Å². The molecule has 1 saturated heterocycles. The van der Waals surface area contributed by atoms with E-state index >= 15 is 0 Å². The second-order valence-electron chi connectivity index (χ2n) is 5.95. The molecule has 0 aromatic carbocycles. The first-order valence-corrected chi connectivity index (χ1v) is 6.04. The van der Waals surface area contributed by atoms with Crippen LogP contribution in [0, 0.1) is 6.92 Å². The molecule has 1 aromatic rings. The van der Waals surface area contributed by atoms with E-state index in [0.717, 1.165) is 12.0 Å². The maximum absolute atomic E-state index is 6.03. The van der Waals surface area contributed by atoms with Gasteiger partial charge in [-0.1, -0.05) is 0 Å². The molecule has 0 radical (unpaired) electrons. The van der Waals surface area contributed by atoms with E-state index in [0.29, 0.717) is 5.95 Å². The molecule has 0 aliphatic carbocycles. The van der Waals surface area contributed by atoms with Crippen molar-refractivity contribution in [3.63, 3.8) is 0 Å². The van der Waals surface area contributed by atoms with Gasteiger partial charge < -0.3 is 10.1 Å². The Morgan fingerprint density at radius 3 is 2.29 bits per heavy atom. The van der Waals surface area contributed by atoms with Gasteiger partial charge in [-0.2, -0.15) is 0 Å². The first-order chi connectivity index (χ1) is 7.78. The Kier molecular flexibility index (Phi) is 2.86. The zero-order chi connectivity index (χ0) is 12.7. The van der Waals surface area contributed by atoms with Crippen molar-refractivity contribution in [1.29, 1.82) is 0 Å². The summed E-state index contributed by atoms with van der Waals surface area (Å²) in [6.45, 7) is 10.4. The monoisotopic (exact) mass is 235 g/mol. The summed E-state index contributed by atoms with van der Waals surface area (Å²) in [5.41, 5.74) is 0.779. The van der Waals surface area contributed by atoms with Gasteiger partial charge in [-0.05, 0) is 46.6 Å².